The van der Waals surface area contributed by atoms with Crippen molar-refractivity contribution in [2.24, 2.45) is 4.40 Å². The van der Waals surface area contributed by atoms with Crippen molar-refractivity contribution in [3.05, 3.63) is 23.8 Å². The molecule has 0 aromatic heterocycles. The molecule has 0 radical (unpaired) electrons. The minimum absolute atomic E-state index is 0.114. The molecular weight excluding hydrogens is 257 g/mol. The van der Waals surface area contributed by atoms with E-state index in [1.54, 1.807) is 0 Å². The van der Waals surface area contributed by atoms with Gasteiger partial charge in [0.05, 0.1) is 12.2 Å². The molecule has 1 aromatic carbocycles. The minimum Gasteiger partial charge on any atom is -0.328 e. The van der Waals surface area contributed by atoms with Crippen LogP contribution in [-0.4, -0.2) is 28.0 Å². The lowest BCUT2D eigenvalue weighted by Crippen LogP contribution is -2.29. The summed E-state index contributed by atoms with van der Waals surface area (Å²) in [6.07, 6.45) is 0.884. The second-order valence-corrected chi connectivity index (χ2v) is 4.91. The molecule has 0 aliphatic carbocycles. The molecule has 8 heteroatoms. The first-order chi connectivity index (χ1) is 7.95. The van der Waals surface area contributed by atoms with Gasteiger partial charge in [-0.2, -0.15) is 8.42 Å². The largest absolute Gasteiger partial charge is 0.328 e. The van der Waals surface area contributed by atoms with Gasteiger partial charge in [0.1, 0.15) is 17.9 Å². The molecule has 0 saturated carbocycles. The number of hydrogen-bond acceptors (Lipinski definition) is 3. The van der Waals surface area contributed by atoms with Gasteiger partial charge in [0.15, 0.2) is 11.6 Å². The van der Waals surface area contributed by atoms with Crippen LogP contribution in [0, 0.1) is 11.6 Å². The lowest BCUT2D eigenvalue weighted by atomic mass is 10.2. The van der Waals surface area contributed by atoms with E-state index in [0.717, 1.165) is 11.2 Å². The number of fused-ring (bicyclic) bond motifs is 1. The van der Waals surface area contributed by atoms with E-state index in [1.807, 2.05) is 0 Å². The molecule has 0 atom stereocenters. The fourth-order valence-electron chi connectivity index (χ4n) is 1.46. The number of benzene rings is 1. The molecule has 1 aromatic rings. The first-order valence-electron chi connectivity index (χ1n) is 4.58. The number of halogens is 3. The number of rotatable bonds is 2. The van der Waals surface area contributed by atoms with Crippen molar-refractivity contribution in [3.63, 3.8) is 0 Å². The third-order valence-electron chi connectivity index (χ3n) is 2.24. The van der Waals surface area contributed by atoms with Crippen LogP contribution in [-0.2, 0) is 10.0 Å². The van der Waals surface area contributed by atoms with E-state index in [4.69, 9.17) is 0 Å². The van der Waals surface area contributed by atoms with Crippen molar-refractivity contribution in [2.75, 3.05) is 18.1 Å². The van der Waals surface area contributed by atoms with Crippen LogP contribution in [0.3, 0.4) is 0 Å². The molecule has 92 valence electrons. The number of nitrogens with zero attached hydrogens (tertiary/aromatic N) is 2. The lowest BCUT2D eigenvalue weighted by Gasteiger charge is -2.23. The fourth-order valence-corrected chi connectivity index (χ4v) is 2.50. The predicted octanol–water partition coefficient (Wildman–Crippen LogP) is 1.47. The van der Waals surface area contributed by atoms with Gasteiger partial charge in [0.2, 0.25) is 0 Å². The Morgan fingerprint density at radius 1 is 1.24 bits per heavy atom. The first kappa shape index (κ1) is 11.9. The third kappa shape index (κ3) is 1.99. The van der Waals surface area contributed by atoms with E-state index < -0.39 is 33.2 Å². The van der Waals surface area contributed by atoms with Gasteiger partial charge in [-0.3, -0.25) is 0 Å². The highest BCUT2D eigenvalue weighted by atomic mass is 32.2. The molecular formula is C9H7F3N2O2S. The summed E-state index contributed by atoms with van der Waals surface area (Å²) in [4.78, 5) is 0.645. The Bertz CT molecular complexity index is 586. The number of sulfonamides is 1. The van der Waals surface area contributed by atoms with Crippen molar-refractivity contribution in [1.82, 2.24) is 0 Å². The van der Waals surface area contributed by atoms with Crippen LogP contribution in [0.5, 0.6) is 0 Å². The Hall–Kier alpha value is -1.57. The summed E-state index contributed by atoms with van der Waals surface area (Å²) in [5.74, 6) is -2.48. The third-order valence-corrected chi connectivity index (χ3v) is 3.49. The Morgan fingerprint density at radius 3 is 2.53 bits per heavy atom. The van der Waals surface area contributed by atoms with Gasteiger partial charge in [0.25, 0.3) is 10.0 Å². The van der Waals surface area contributed by atoms with Gasteiger partial charge in [-0.15, -0.1) is 4.40 Å². The van der Waals surface area contributed by atoms with E-state index in [0.29, 0.717) is 12.1 Å². The highest BCUT2D eigenvalue weighted by Gasteiger charge is 2.27. The van der Waals surface area contributed by atoms with Gasteiger partial charge < -0.3 is 4.90 Å². The smallest absolute Gasteiger partial charge is 0.285 e. The average Bonchev–Trinajstić information content (AvgIpc) is 2.26. The number of anilines is 1. The second kappa shape index (κ2) is 4.02. The minimum atomic E-state index is -4.03. The lowest BCUT2D eigenvalue weighted by molar-refractivity contribution is 0.496. The van der Waals surface area contributed by atoms with E-state index in [2.05, 4.69) is 4.40 Å². The summed E-state index contributed by atoms with van der Waals surface area (Å²) in [7, 11) is -4.03. The van der Waals surface area contributed by atoms with Gasteiger partial charge in [-0.05, 0) is 6.07 Å². The Morgan fingerprint density at radius 2 is 1.88 bits per heavy atom. The van der Waals surface area contributed by atoms with E-state index >= 15 is 0 Å². The molecule has 0 saturated heterocycles. The molecule has 1 aliphatic heterocycles. The summed E-state index contributed by atoms with van der Waals surface area (Å²) >= 11 is 0. The molecule has 0 spiro atoms. The predicted molar refractivity (Wildman–Crippen MR) is 55.4 cm³/mol. The Kier molecular flexibility index (Phi) is 2.82. The molecule has 2 rings (SSSR count). The molecule has 17 heavy (non-hydrogen) atoms. The summed E-state index contributed by atoms with van der Waals surface area (Å²) in [6, 6.07) is 1.25. The second-order valence-electron chi connectivity index (χ2n) is 3.31. The van der Waals surface area contributed by atoms with E-state index in [-0.39, 0.29) is 12.2 Å². The van der Waals surface area contributed by atoms with Crippen LogP contribution in [0.2, 0.25) is 0 Å². The molecule has 1 aliphatic rings. The van der Waals surface area contributed by atoms with Crippen molar-refractivity contribution in [3.8, 4) is 0 Å². The normalized spacial score (nSPS) is 17.0. The van der Waals surface area contributed by atoms with Crippen LogP contribution >= 0.6 is 0 Å². The van der Waals surface area contributed by atoms with Crippen LogP contribution in [0.25, 0.3) is 0 Å². The van der Waals surface area contributed by atoms with Gasteiger partial charge in [-0.1, -0.05) is 0 Å². The van der Waals surface area contributed by atoms with Crippen molar-refractivity contribution in [2.45, 2.75) is 4.90 Å². The zero-order valence-electron chi connectivity index (χ0n) is 8.40. The van der Waals surface area contributed by atoms with Crippen molar-refractivity contribution >= 4 is 22.0 Å². The maximum atomic E-state index is 13.0. The molecule has 0 bridgehead atoms. The Labute approximate surface area is 95.4 Å². The van der Waals surface area contributed by atoms with Crippen LogP contribution in [0.1, 0.15) is 0 Å². The van der Waals surface area contributed by atoms with Gasteiger partial charge in [0, 0.05) is 6.07 Å². The van der Waals surface area contributed by atoms with Crippen LogP contribution in [0.15, 0.2) is 21.4 Å². The van der Waals surface area contributed by atoms with E-state index in [9.17, 15) is 21.6 Å². The zero-order valence-corrected chi connectivity index (χ0v) is 9.22. The highest BCUT2D eigenvalue weighted by Crippen LogP contribution is 2.31. The first-order valence-corrected chi connectivity index (χ1v) is 6.02. The summed E-state index contributed by atoms with van der Waals surface area (Å²) in [5.41, 5.74) is -0.114. The molecule has 4 nitrogen and oxygen atoms in total. The highest BCUT2D eigenvalue weighted by molar-refractivity contribution is 7.90. The average molecular weight is 264 g/mol. The summed E-state index contributed by atoms with van der Waals surface area (Å²) in [6.45, 7) is -0.957. The summed E-state index contributed by atoms with van der Waals surface area (Å²) in [5, 5.41) is 0. The van der Waals surface area contributed by atoms with Crippen molar-refractivity contribution in [1.29, 1.82) is 0 Å². The SMILES string of the molecule is O=S1(=O)N=CN(CCF)c2cc(F)c(F)cc21. The van der Waals surface area contributed by atoms with Crippen LogP contribution in [0.4, 0.5) is 18.9 Å². The maximum Gasteiger partial charge on any atom is 0.285 e. The molecule has 0 fully saturated rings. The molecule has 0 N–H and O–H groups in total. The van der Waals surface area contributed by atoms with Crippen molar-refractivity contribution < 1.29 is 21.6 Å². The molecule has 0 amide bonds. The van der Waals surface area contributed by atoms with E-state index in [1.165, 1.54) is 0 Å². The molecule has 1 heterocycles. The Balaban J connectivity index is 2.65. The zero-order chi connectivity index (χ0) is 12.6. The summed E-state index contributed by atoms with van der Waals surface area (Å²) < 4.78 is 64.4. The quantitative estimate of drug-likeness (QED) is 0.812. The van der Waals surface area contributed by atoms with Gasteiger partial charge >= 0.3 is 0 Å². The maximum absolute atomic E-state index is 13.0. The number of hydrogen-bond donors (Lipinski definition) is 0. The standard InChI is InChI=1S/C9H7F3N2O2S/c10-1-2-14-5-13-17(15,16)9-4-7(12)6(11)3-8(9)14/h3-5H,1-2H2. The topological polar surface area (TPSA) is 49.7 Å². The van der Waals surface area contributed by atoms with Gasteiger partial charge in [-0.25, -0.2) is 13.2 Å². The number of alkyl halides is 1. The monoisotopic (exact) mass is 264 g/mol. The van der Waals surface area contributed by atoms with Crippen LogP contribution < -0.4 is 4.90 Å². The molecule has 0 unspecified atom stereocenters. The fraction of sp³-hybridized carbons (Fsp3) is 0.222.